The van der Waals surface area contributed by atoms with Crippen LogP contribution in [0.5, 0.6) is 0 Å². The smallest absolute Gasteiger partial charge is 0.249 e. The summed E-state index contributed by atoms with van der Waals surface area (Å²) in [4.78, 5) is 35.4. The van der Waals surface area contributed by atoms with Crippen molar-refractivity contribution in [2.75, 3.05) is 25.4 Å². The summed E-state index contributed by atoms with van der Waals surface area (Å²) in [5.74, 6) is -0.382. The molecule has 31 heavy (non-hydrogen) atoms. The molecule has 0 spiro atoms. The maximum absolute atomic E-state index is 11.8. The highest BCUT2D eigenvalue weighted by molar-refractivity contribution is 8.13. The third kappa shape index (κ3) is 15.8. The van der Waals surface area contributed by atoms with Gasteiger partial charge >= 0.3 is 0 Å². The first-order valence-electron chi connectivity index (χ1n) is 11.1. The van der Waals surface area contributed by atoms with Gasteiger partial charge in [0, 0.05) is 37.1 Å². The maximum Gasteiger partial charge on any atom is 0.249 e. The number of carbonyl (C=O) groups excluding carboxylic acids is 3. The zero-order chi connectivity index (χ0) is 23.5. The van der Waals surface area contributed by atoms with Crippen LogP contribution in [0.4, 0.5) is 0 Å². The molecular weight excluding hydrogens is 416 g/mol. The zero-order valence-corrected chi connectivity index (χ0v) is 20.1. The van der Waals surface area contributed by atoms with Gasteiger partial charge in [0.15, 0.2) is 5.12 Å². The predicted molar refractivity (Wildman–Crippen MR) is 126 cm³/mol. The van der Waals surface area contributed by atoms with Crippen LogP contribution in [0.3, 0.4) is 0 Å². The van der Waals surface area contributed by atoms with E-state index >= 15 is 0 Å². The van der Waals surface area contributed by atoms with Crippen LogP contribution in [0.25, 0.3) is 0 Å². The average Bonchev–Trinajstić information content (AvgIpc) is 2.74. The first kappa shape index (κ1) is 29.4. The molecule has 0 saturated carbocycles. The molecule has 0 aromatic carbocycles. The molecule has 0 bridgehead atoms. The van der Waals surface area contributed by atoms with Gasteiger partial charge in [-0.15, -0.1) is 5.73 Å². The second-order valence-electron chi connectivity index (χ2n) is 8.14. The number of amides is 2. The number of carbonyl (C=O) groups is 3. The summed E-state index contributed by atoms with van der Waals surface area (Å²) in [7, 11) is 0. The van der Waals surface area contributed by atoms with E-state index < -0.39 is 17.4 Å². The minimum Gasteiger partial charge on any atom is -0.396 e. The number of aliphatic hydroxyl groups excluding tert-OH is 2. The topological polar surface area (TPSA) is 116 Å². The average molecular weight is 457 g/mol. The van der Waals surface area contributed by atoms with E-state index in [2.05, 4.69) is 23.3 Å². The lowest BCUT2D eigenvalue weighted by Gasteiger charge is -2.27. The van der Waals surface area contributed by atoms with Crippen LogP contribution in [0, 0.1) is 5.41 Å². The lowest BCUT2D eigenvalue weighted by atomic mass is 9.87. The molecule has 7 nitrogen and oxygen atoms in total. The van der Waals surface area contributed by atoms with E-state index in [-0.39, 0.29) is 30.6 Å². The molecule has 0 fully saturated rings. The van der Waals surface area contributed by atoms with Crippen molar-refractivity contribution in [3.63, 3.8) is 0 Å². The maximum atomic E-state index is 11.8. The number of allylic oxidation sites excluding steroid dienone is 1. The van der Waals surface area contributed by atoms with Gasteiger partial charge in [-0.2, -0.15) is 0 Å². The van der Waals surface area contributed by atoms with Crippen molar-refractivity contribution in [1.29, 1.82) is 0 Å². The summed E-state index contributed by atoms with van der Waals surface area (Å²) in [6, 6.07) is 0. The second-order valence-corrected chi connectivity index (χ2v) is 9.29. The van der Waals surface area contributed by atoms with Gasteiger partial charge in [0.2, 0.25) is 11.8 Å². The third-order valence-corrected chi connectivity index (χ3v) is 5.59. The molecule has 4 N–H and O–H groups in total. The highest BCUT2D eigenvalue weighted by atomic mass is 32.2. The van der Waals surface area contributed by atoms with Gasteiger partial charge in [-0.1, -0.05) is 58.2 Å². The minimum absolute atomic E-state index is 0.0332. The Kier molecular flexibility index (Phi) is 17.1. The molecule has 8 heteroatoms. The minimum atomic E-state index is -1.35. The highest BCUT2D eigenvalue weighted by Crippen LogP contribution is 2.19. The van der Waals surface area contributed by atoms with Crippen LogP contribution in [0.1, 0.15) is 72.1 Å². The van der Waals surface area contributed by atoms with E-state index in [0.717, 1.165) is 12.8 Å². The quantitative estimate of drug-likeness (QED) is 0.198. The number of hydrogen-bond donors (Lipinski definition) is 4. The van der Waals surface area contributed by atoms with E-state index in [4.69, 9.17) is 5.11 Å². The zero-order valence-electron chi connectivity index (χ0n) is 19.2. The molecule has 0 saturated heterocycles. The van der Waals surface area contributed by atoms with E-state index in [1.165, 1.54) is 37.4 Å². The molecule has 0 radical (unpaired) electrons. The molecule has 0 aromatic heterocycles. The number of thioether (sulfide) groups is 1. The monoisotopic (exact) mass is 456 g/mol. The first-order chi connectivity index (χ1) is 14.7. The fourth-order valence-electron chi connectivity index (χ4n) is 2.50. The molecule has 1 unspecified atom stereocenters. The van der Waals surface area contributed by atoms with E-state index in [1.54, 1.807) is 19.9 Å². The standard InChI is InChI=1S/C23H40N2O5S/c1-4-5-6-7-8-9-10-11-12-13-20(28)31-17-16-24-19(27)14-15-25-22(30)21(29)23(2,3)18-26/h10,12,21,26,29H,4-9,13-18H2,1-3H3,(H,24,27)(H,25,30). The second kappa shape index (κ2) is 18.0. The fraction of sp³-hybridized carbons (Fsp3) is 0.739. The molecule has 0 aromatic rings. The van der Waals surface area contributed by atoms with Crippen LogP contribution in [0.2, 0.25) is 0 Å². The highest BCUT2D eigenvalue weighted by Gasteiger charge is 2.32. The molecule has 2 amide bonds. The van der Waals surface area contributed by atoms with Crippen molar-refractivity contribution in [2.24, 2.45) is 5.41 Å². The van der Waals surface area contributed by atoms with Gasteiger partial charge in [-0.05, 0) is 25.0 Å². The van der Waals surface area contributed by atoms with Gasteiger partial charge in [-0.3, -0.25) is 14.4 Å². The number of hydrogen-bond acceptors (Lipinski definition) is 6. The Morgan fingerprint density at radius 2 is 1.77 bits per heavy atom. The normalized spacial score (nSPS) is 11.9. The van der Waals surface area contributed by atoms with Crippen LogP contribution in [-0.4, -0.2) is 58.7 Å². The number of rotatable bonds is 17. The number of aliphatic hydroxyl groups is 2. The Bertz CT molecular complexity index is 601. The van der Waals surface area contributed by atoms with Gasteiger partial charge < -0.3 is 20.8 Å². The Hall–Kier alpha value is -1.60. The first-order valence-corrected chi connectivity index (χ1v) is 12.1. The van der Waals surface area contributed by atoms with Gasteiger partial charge in [-0.25, -0.2) is 0 Å². The molecule has 0 heterocycles. The molecule has 0 aliphatic carbocycles. The third-order valence-electron chi connectivity index (χ3n) is 4.69. The lowest BCUT2D eigenvalue weighted by molar-refractivity contribution is -0.137. The van der Waals surface area contributed by atoms with Crippen LogP contribution in [0.15, 0.2) is 17.9 Å². The molecule has 1 atom stereocenters. The lowest BCUT2D eigenvalue weighted by Crippen LogP contribution is -2.46. The van der Waals surface area contributed by atoms with E-state index in [0.29, 0.717) is 18.7 Å². The Balaban J connectivity index is 3.79. The van der Waals surface area contributed by atoms with Crippen molar-refractivity contribution < 1.29 is 24.6 Å². The van der Waals surface area contributed by atoms with Crippen molar-refractivity contribution in [3.8, 4) is 0 Å². The number of nitrogens with one attached hydrogen (secondary N) is 2. The van der Waals surface area contributed by atoms with Gasteiger partial charge in [0.1, 0.15) is 6.10 Å². The molecule has 0 rings (SSSR count). The Morgan fingerprint density at radius 1 is 1.06 bits per heavy atom. The summed E-state index contributed by atoms with van der Waals surface area (Å²) >= 11 is 1.17. The van der Waals surface area contributed by atoms with Crippen molar-refractivity contribution in [2.45, 2.75) is 78.2 Å². The SMILES string of the molecule is CCCCCCCC=C=CCC(=O)SCCNC(=O)CCNC(=O)C(O)C(C)(C)CO. The van der Waals surface area contributed by atoms with Crippen molar-refractivity contribution >= 4 is 28.7 Å². The summed E-state index contributed by atoms with van der Waals surface area (Å²) in [6.45, 7) is 5.47. The molecule has 178 valence electrons. The Labute approximate surface area is 191 Å². The van der Waals surface area contributed by atoms with Crippen molar-refractivity contribution in [1.82, 2.24) is 10.6 Å². The Morgan fingerprint density at radius 3 is 2.45 bits per heavy atom. The predicted octanol–water partition coefficient (Wildman–Crippen LogP) is 2.71. The molecule has 0 aliphatic rings. The van der Waals surface area contributed by atoms with E-state index in [1.807, 2.05) is 6.08 Å². The van der Waals surface area contributed by atoms with Crippen LogP contribution in [-0.2, 0) is 14.4 Å². The van der Waals surface area contributed by atoms with Crippen molar-refractivity contribution in [3.05, 3.63) is 17.9 Å². The van der Waals surface area contributed by atoms with Crippen LogP contribution < -0.4 is 10.6 Å². The summed E-state index contributed by atoms with van der Waals surface area (Å²) in [6.07, 6.45) is 9.97. The van der Waals surface area contributed by atoms with Gasteiger partial charge in [0.25, 0.3) is 0 Å². The molecule has 0 aliphatic heterocycles. The van der Waals surface area contributed by atoms with Crippen LogP contribution >= 0.6 is 11.8 Å². The fourth-order valence-corrected chi connectivity index (χ4v) is 3.13. The molecular formula is C23H40N2O5S. The number of unbranched alkanes of at least 4 members (excludes halogenated alkanes) is 5. The van der Waals surface area contributed by atoms with E-state index in [9.17, 15) is 19.5 Å². The summed E-state index contributed by atoms with van der Waals surface area (Å²) in [5.41, 5.74) is 2.10. The summed E-state index contributed by atoms with van der Waals surface area (Å²) in [5, 5.41) is 24.2. The largest absolute Gasteiger partial charge is 0.396 e. The van der Waals surface area contributed by atoms with Gasteiger partial charge in [0.05, 0.1) is 6.61 Å². The summed E-state index contributed by atoms with van der Waals surface area (Å²) < 4.78 is 0.